The first-order chi connectivity index (χ1) is 12.7. The van der Waals surface area contributed by atoms with Crippen molar-refractivity contribution < 1.29 is 4.42 Å². The smallest absolute Gasteiger partial charge is 0.295 e. The third-order valence-corrected chi connectivity index (χ3v) is 4.08. The maximum absolute atomic E-state index is 8.41. The fourth-order valence-corrected chi connectivity index (χ4v) is 2.72. The lowest BCUT2D eigenvalue weighted by molar-refractivity contribution is 0.620. The van der Waals surface area contributed by atoms with Crippen molar-refractivity contribution in [1.82, 2.24) is 14.5 Å². The van der Waals surface area contributed by atoms with Crippen LogP contribution in [0.1, 0.15) is 5.56 Å². The fourth-order valence-electron chi connectivity index (χ4n) is 2.72. The van der Waals surface area contributed by atoms with Gasteiger partial charge in [-0.05, 0) is 47.5 Å². The molecule has 3 aromatic heterocycles. The molecule has 0 amide bonds. The van der Waals surface area contributed by atoms with Gasteiger partial charge in [-0.25, -0.2) is 0 Å². The molecule has 3 heterocycles. The van der Waals surface area contributed by atoms with E-state index in [1.807, 2.05) is 24.3 Å². The minimum Gasteiger partial charge on any atom is -0.424 e. The van der Waals surface area contributed by atoms with Crippen LogP contribution in [0.5, 0.6) is 0 Å². The Kier molecular flexibility index (Phi) is 3.81. The summed E-state index contributed by atoms with van der Waals surface area (Å²) in [5, 5.41) is 19.4. The molecule has 1 aromatic carbocycles. The molecule has 0 saturated heterocycles. The number of nitrogens with one attached hydrogen (secondary N) is 3. The van der Waals surface area contributed by atoms with Crippen LogP contribution in [0.25, 0.3) is 22.2 Å². The fraction of sp³-hybridized carbons (Fsp3) is 0.0526. The first-order valence-electron chi connectivity index (χ1n) is 8.01. The van der Waals surface area contributed by atoms with Crippen LogP contribution in [0.4, 0.5) is 6.01 Å². The normalized spacial score (nSPS) is 10.8. The van der Waals surface area contributed by atoms with E-state index in [4.69, 9.17) is 15.2 Å². The van der Waals surface area contributed by atoms with Crippen molar-refractivity contribution in [3.63, 3.8) is 0 Å². The molecule has 7 heteroatoms. The minimum absolute atomic E-state index is 0.220. The number of benzene rings is 1. The molecule has 0 fully saturated rings. The predicted octanol–water partition coefficient (Wildman–Crippen LogP) is 3.09. The maximum Gasteiger partial charge on any atom is 0.295 e. The molecule has 3 N–H and O–H groups in total. The standard InChI is InChI=1S/C19H16N6O/c1-22-19-24-15-4-2-13(10-16(15)26-19)14-3-5-17(20)25(11-14)18(21)12-6-8-23-9-7-12/h2-11,20-21H,1H3,(H,22,24). The minimum atomic E-state index is 0.220. The number of nitrogens with zero attached hydrogens (tertiary/aromatic N) is 3. The van der Waals surface area contributed by atoms with Gasteiger partial charge in [-0.3, -0.25) is 20.4 Å². The number of oxazole rings is 1. The first-order valence-corrected chi connectivity index (χ1v) is 8.01. The average molecular weight is 344 g/mol. The Labute approximate surface area is 149 Å². The van der Waals surface area contributed by atoms with Crippen LogP contribution >= 0.6 is 0 Å². The Morgan fingerprint density at radius 3 is 2.62 bits per heavy atom. The molecule has 0 spiro atoms. The zero-order valence-electron chi connectivity index (χ0n) is 14.0. The summed E-state index contributed by atoms with van der Waals surface area (Å²) in [7, 11) is 1.76. The van der Waals surface area contributed by atoms with Crippen LogP contribution in [-0.2, 0) is 0 Å². The zero-order valence-corrected chi connectivity index (χ0v) is 14.0. The Balaban J connectivity index is 1.78. The first kappa shape index (κ1) is 15.8. The van der Waals surface area contributed by atoms with Crippen LogP contribution in [0.15, 0.2) is 65.5 Å². The van der Waals surface area contributed by atoms with Gasteiger partial charge in [-0.15, -0.1) is 0 Å². The van der Waals surface area contributed by atoms with E-state index >= 15 is 0 Å². The topological polar surface area (TPSA) is 104 Å². The Bertz CT molecular complexity index is 1160. The van der Waals surface area contributed by atoms with Crippen molar-refractivity contribution in [2.75, 3.05) is 12.4 Å². The number of pyridine rings is 2. The van der Waals surface area contributed by atoms with Gasteiger partial charge in [0.25, 0.3) is 6.01 Å². The summed E-state index contributed by atoms with van der Waals surface area (Å²) in [6.07, 6.45) is 5.05. The largest absolute Gasteiger partial charge is 0.424 e. The van der Waals surface area contributed by atoms with E-state index < -0.39 is 0 Å². The van der Waals surface area contributed by atoms with Crippen LogP contribution in [0.2, 0.25) is 0 Å². The van der Waals surface area contributed by atoms with E-state index in [0.29, 0.717) is 17.2 Å². The van der Waals surface area contributed by atoms with Gasteiger partial charge in [0.1, 0.15) is 16.8 Å². The second kappa shape index (κ2) is 6.29. The summed E-state index contributed by atoms with van der Waals surface area (Å²) in [5.74, 6) is 0.220. The molecule has 0 saturated carbocycles. The van der Waals surface area contributed by atoms with E-state index in [1.54, 1.807) is 43.8 Å². The van der Waals surface area contributed by atoms with E-state index in [2.05, 4.69) is 15.3 Å². The van der Waals surface area contributed by atoms with Crippen molar-refractivity contribution in [3.8, 4) is 11.1 Å². The van der Waals surface area contributed by atoms with Crippen LogP contribution in [0, 0.1) is 10.8 Å². The molecule has 0 atom stereocenters. The lowest BCUT2D eigenvalue weighted by Gasteiger charge is -2.11. The molecule has 4 rings (SSSR count). The van der Waals surface area contributed by atoms with E-state index in [1.165, 1.54) is 4.57 Å². The molecule has 128 valence electrons. The third kappa shape index (κ3) is 2.75. The Morgan fingerprint density at radius 2 is 1.85 bits per heavy atom. The molecule has 0 bridgehead atoms. The van der Waals surface area contributed by atoms with Gasteiger partial charge in [-0.2, -0.15) is 4.98 Å². The van der Waals surface area contributed by atoms with Gasteiger partial charge in [0, 0.05) is 31.2 Å². The van der Waals surface area contributed by atoms with Gasteiger partial charge in [-0.1, -0.05) is 6.07 Å². The van der Waals surface area contributed by atoms with Crippen molar-refractivity contribution in [2.45, 2.75) is 0 Å². The lowest BCUT2D eigenvalue weighted by atomic mass is 10.1. The Hall–Kier alpha value is -3.74. The number of hydrogen-bond donors (Lipinski definition) is 3. The summed E-state index contributed by atoms with van der Waals surface area (Å²) < 4.78 is 7.17. The van der Waals surface area contributed by atoms with Gasteiger partial charge in [0.05, 0.1) is 0 Å². The van der Waals surface area contributed by atoms with Crippen LogP contribution in [0.3, 0.4) is 0 Å². The number of anilines is 1. The van der Waals surface area contributed by atoms with Gasteiger partial charge >= 0.3 is 0 Å². The molecule has 0 radical (unpaired) electrons. The third-order valence-electron chi connectivity index (χ3n) is 4.08. The summed E-state index contributed by atoms with van der Waals surface area (Å²) in [5.41, 5.74) is 4.18. The predicted molar refractivity (Wildman–Crippen MR) is 99.3 cm³/mol. The summed E-state index contributed by atoms with van der Waals surface area (Å²) >= 11 is 0. The highest BCUT2D eigenvalue weighted by molar-refractivity contribution is 5.98. The Morgan fingerprint density at radius 1 is 1.08 bits per heavy atom. The highest BCUT2D eigenvalue weighted by Gasteiger charge is 2.09. The maximum atomic E-state index is 8.41. The monoisotopic (exact) mass is 344 g/mol. The van der Waals surface area contributed by atoms with Crippen molar-refractivity contribution in [2.24, 2.45) is 0 Å². The van der Waals surface area contributed by atoms with Gasteiger partial charge < -0.3 is 9.73 Å². The number of rotatable bonds is 3. The zero-order chi connectivity index (χ0) is 18.1. The van der Waals surface area contributed by atoms with Gasteiger partial charge in [0.2, 0.25) is 0 Å². The number of fused-ring (bicyclic) bond motifs is 1. The summed E-state index contributed by atoms with van der Waals surface area (Å²) in [6, 6.07) is 13.2. The average Bonchev–Trinajstić information content (AvgIpc) is 3.11. The van der Waals surface area contributed by atoms with Crippen LogP contribution < -0.4 is 10.8 Å². The number of hydrogen-bond acceptors (Lipinski definition) is 6. The summed E-state index contributed by atoms with van der Waals surface area (Å²) in [6.45, 7) is 0. The molecule has 0 unspecified atom stereocenters. The van der Waals surface area contributed by atoms with E-state index in [0.717, 1.165) is 16.6 Å². The molecule has 0 aliphatic heterocycles. The molecule has 26 heavy (non-hydrogen) atoms. The van der Waals surface area contributed by atoms with Crippen molar-refractivity contribution in [3.05, 3.63) is 72.1 Å². The molecule has 4 aromatic rings. The molecule has 7 nitrogen and oxygen atoms in total. The quantitative estimate of drug-likeness (QED) is 0.392. The second-order valence-electron chi connectivity index (χ2n) is 5.71. The highest BCUT2D eigenvalue weighted by Crippen LogP contribution is 2.25. The van der Waals surface area contributed by atoms with Crippen LogP contribution in [-0.4, -0.2) is 27.4 Å². The highest BCUT2D eigenvalue weighted by atomic mass is 16.4. The van der Waals surface area contributed by atoms with Crippen molar-refractivity contribution in [1.29, 1.82) is 10.8 Å². The molecule has 0 aliphatic rings. The van der Waals surface area contributed by atoms with Gasteiger partial charge in [0.15, 0.2) is 5.58 Å². The second-order valence-corrected chi connectivity index (χ2v) is 5.71. The molecular formula is C19H16N6O. The van der Waals surface area contributed by atoms with E-state index in [-0.39, 0.29) is 11.3 Å². The molecule has 0 aliphatic carbocycles. The van der Waals surface area contributed by atoms with Crippen molar-refractivity contribution >= 4 is 22.9 Å². The SMILES string of the molecule is CNc1nc2ccc(-c3ccc(=N)n(C(=N)c4ccncc4)c3)cc2o1. The summed E-state index contributed by atoms with van der Waals surface area (Å²) in [4.78, 5) is 8.29. The number of aromatic nitrogens is 3. The molecular weight excluding hydrogens is 328 g/mol. The lowest BCUT2D eigenvalue weighted by Crippen LogP contribution is -2.26. The van der Waals surface area contributed by atoms with E-state index in [9.17, 15) is 0 Å².